The standard InChI is InChI=1S/C16H15N/c1-12-6-5-8-13(10-12)16-11-14-7-3-4-9-15(14)17(16)2/h3-11H,1-2H3. The highest BCUT2D eigenvalue weighted by Crippen LogP contribution is 2.27. The van der Waals surface area contributed by atoms with E-state index in [1.54, 1.807) is 0 Å². The Labute approximate surface area is 101 Å². The Balaban J connectivity index is 2.27. The maximum Gasteiger partial charge on any atom is 0.0488 e. The van der Waals surface area contributed by atoms with E-state index in [0.717, 1.165) is 0 Å². The van der Waals surface area contributed by atoms with Crippen molar-refractivity contribution in [1.82, 2.24) is 4.57 Å². The van der Waals surface area contributed by atoms with Crippen molar-refractivity contribution in [2.24, 2.45) is 7.05 Å². The average molecular weight is 221 g/mol. The summed E-state index contributed by atoms with van der Waals surface area (Å²) in [7, 11) is 2.12. The van der Waals surface area contributed by atoms with Crippen LogP contribution in [-0.2, 0) is 7.05 Å². The Morgan fingerprint density at radius 1 is 0.882 bits per heavy atom. The van der Waals surface area contributed by atoms with Crippen LogP contribution in [0.5, 0.6) is 0 Å². The second-order valence-corrected chi connectivity index (χ2v) is 4.52. The summed E-state index contributed by atoms with van der Waals surface area (Å²) in [6.07, 6.45) is 0. The Bertz CT molecular complexity index is 677. The maximum atomic E-state index is 2.25. The van der Waals surface area contributed by atoms with Gasteiger partial charge >= 0.3 is 0 Å². The Morgan fingerprint density at radius 3 is 2.47 bits per heavy atom. The third-order valence-corrected chi connectivity index (χ3v) is 3.27. The van der Waals surface area contributed by atoms with Crippen LogP contribution < -0.4 is 0 Å². The average Bonchev–Trinajstić information content (AvgIpc) is 2.68. The van der Waals surface area contributed by atoms with Crippen molar-refractivity contribution in [2.75, 3.05) is 0 Å². The Hall–Kier alpha value is -2.02. The summed E-state index contributed by atoms with van der Waals surface area (Å²) in [5, 5.41) is 1.30. The number of para-hydroxylation sites is 1. The molecular formula is C16H15N. The van der Waals surface area contributed by atoms with E-state index in [1.165, 1.54) is 27.7 Å². The van der Waals surface area contributed by atoms with Crippen molar-refractivity contribution in [3.8, 4) is 11.3 Å². The zero-order valence-electron chi connectivity index (χ0n) is 10.1. The molecule has 0 saturated carbocycles. The predicted molar refractivity (Wildman–Crippen MR) is 73.1 cm³/mol. The molecule has 0 amide bonds. The molecule has 1 nitrogen and oxygen atoms in total. The highest BCUT2D eigenvalue weighted by atomic mass is 14.9. The van der Waals surface area contributed by atoms with Gasteiger partial charge in [-0.2, -0.15) is 0 Å². The topological polar surface area (TPSA) is 4.93 Å². The van der Waals surface area contributed by atoms with Crippen LogP contribution in [0.4, 0.5) is 0 Å². The van der Waals surface area contributed by atoms with E-state index in [0.29, 0.717) is 0 Å². The van der Waals surface area contributed by atoms with Crippen molar-refractivity contribution >= 4 is 10.9 Å². The second kappa shape index (κ2) is 3.77. The number of rotatable bonds is 1. The van der Waals surface area contributed by atoms with E-state index < -0.39 is 0 Å². The van der Waals surface area contributed by atoms with E-state index in [-0.39, 0.29) is 0 Å². The molecule has 0 radical (unpaired) electrons. The van der Waals surface area contributed by atoms with Gasteiger partial charge in [-0.3, -0.25) is 0 Å². The Kier molecular flexibility index (Phi) is 2.25. The summed E-state index contributed by atoms with van der Waals surface area (Å²) in [4.78, 5) is 0. The van der Waals surface area contributed by atoms with Crippen LogP contribution in [0.1, 0.15) is 5.56 Å². The molecular weight excluding hydrogens is 206 g/mol. The summed E-state index contributed by atoms with van der Waals surface area (Å²) in [6, 6.07) is 19.4. The van der Waals surface area contributed by atoms with Gasteiger partial charge < -0.3 is 4.57 Å². The van der Waals surface area contributed by atoms with E-state index in [2.05, 4.69) is 73.1 Å². The fourth-order valence-electron chi connectivity index (χ4n) is 2.37. The molecule has 3 aromatic rings. The fourth-order valence-corrected chi connectivity index (χ4v) is 2.37. The van der Waals surface area contributed by atoms with Gasteiger partial charge in [-0.25, -0.2) is 0 Å². The van der Waals surface area contributed by atoms with Gasteiger partial charge in [0.2, 0.25) is 0 Å². The molecule has 0 N–H and O–H groups in total. The lowest BCUT2D eigenvalue weighted by Crippen LogP contribution is -1.91. The molecule has 1 heterocycles. The molecule has 0 unspecified atom stereocenters. The quantitative estimate of drug-likeness (QED) is 0.581. The lowest BCUT2D eigenvalue weighted by atomic mass is 10.1. The number of fused-ring (bicyclic) bond motifs is 1. The van der Waals surface area contributed by atoms with Gasteiger partial charge in [-0.15, -0.1) is 0 Å². The Morgan fingerprint density at radius 2 is 1.71 bits per heavy atom. The predicted octanol–water partition coefficient (Wildman–Crippen LogP) is 4.15. The zero-order valence-corrected chi connectivity index (χ0v) is 10.1. The third-order valence-electron chi connectivity index (χ3n) is 3.27. The van der Waals surface area contributed by atoms with E-state index in [9.17, 15) is 0 Å². The van der Waals surface area contributed by atoms with Gasteiger partial charge in [-0.05, 0) is 30.7 Å². The first-order valence-corrected chi connectivity index (χ1v) is 5.87. The monoisotopic (exact) mass is 221 g/mol. The number of hydrogen-bond donors (Lipinski definition) is 0. The smallest absolute Gasteiger partial charge is 0.0488 e. The van der Waals surface area contributed by atoms with E-state index in [4.69, 9.17) is 0 Å². The normalized spacial score (nSPS) is 10.9. The molecule has 0 fully saturated rings. The molecule has 17 heavy (non-hydrogen) atoms. The first-order valence-electron chi connectivity index (χ1n) is 5.87. The molecule has 0 bridgehead atoms. The first kappa shape index (κ1) is 10.2. The molecule has 0 aliphatic heterocycles. The number of nitrogens with zero attached hydrogens (tertiary/aromatic N) is 1. The van der Waals surface area contributed by atoms with Crippen molar-refractivity contribution in [3.63, 3.8) is 0 Å². The molecule has 0 aliphatic carbocycles. The number of hydrogen-bond acceptors (Lipinski definition) is 0. The van der Waals surface area contributed by atoms with Crippen LogP contribution >= 0.6 is 0 Å². The second-order valence-electron chi connectivity index (χ2n) is 4.52. The van der Waals surface area contributed by atoms with Crippen molar-refractivity contribution in [1.29, 1.82) is 0 Å². The van der Waals surface area contributed by atoms with Crippen LogP contribution in [0.25, 0.3) is 22.2 Å². The lowest BCUT2D eigenvalue weighted by Gasteiger charge is -2.05. The fraction of sp³-hybridized carbons (Fsp3) is 0.125. The van der Waals surface area contributed by atoms with Crippen LogP contribution in [0.3, 0.4) is 0 Å². The van der Waals surface area contributed by atoms with Crippen molar-refractivity contribution in [3.05, 3.63) is 60.2 Å². The van der Waals surface area contributed by atoms with Gasteiger partial charge in [0, 0.05) is 23.6 Å². The molecule has 1 aromatic heterocycles. The summed E-state index contributed by atoms with van der Waals surface area (Å²) >= 11 is 0. The van der Waals surface area contributed by atoms with Crippen LogP contribution in [0.15, 0.2) is 54.6 Å². The molecule has 0 aliphatic rings. The van der Waals surface area contributed by atoms with E-state index >= 15 is 0 Å². The number of benzene rings is 2. The maximum absolute atomic E-state index is 2.25. The van der Waals surface area contributed by atoms with Gasteiger partial charge in [0.15, 0.2) is 0 Å². The SMILES string of the molecule is Cc1cccc(-c2cc3ccccc3n2C)c1. The molecule has 2 aromatic carbocycles. The molecule has 1 heteroatoms. The van der Waals surface area contributed by atoms with Crippen LogP contribution in [0, 0.1) is 6.92 Å². The highest BCUT2D eigenvalue weighted by Gasteiger charge is 2.06. The van der Waals surface area contributed by atoms with Gasteiger partial charge in [-0.1, -0.05) is 42.0 Å². The van der Waals surface area contributed by atoms with Crippen molar-refractivity contribution in [2.45, 2.75) is 6.92 Å². The minimum Gasteiger partial charge on any atom is -0.344 e. The van der Waals surface area contributed by atoms with E-state index in [1.807, 2.05) is 0 Å². The zero-order chi connectivity index (χ0) is 11.8. The molecule has 0 saturated heterocycles. The minimum atomic E-state index is 1.27. The van der Waals surface area contributed by atoms with Gasteiger partial charge in [0.05, 0.1) is 0 Å². The van der Waals surface area contributed by atoms with Gasteiger partial charge in [0.25, 0.3) is 0 Å². The molecule has 84 valence electrons. The summed E-state index contributed by atoms with van der Waals surface area (Å²) in [5.41, 5.74) is 5.13. The summed E-state index contributed by atoms with van der Waals surface area (Å²) in [6.45, 7) is 2.13. The summed E-state index contributed by atoms with van der Waals surface area (Å²) < 4.78 is 2.25. The highest BCUT2D eigenvalue weighted by molar-refractivity contribution is 5.86. The minimum absolute atomic E-state index is 1.27. The number of aryl methyl sites for hydroxylation is 2. The molecule has 0 atom stereocenters. The largest absolute Gasteiger partial charge is 0.344 e. The van der Waals surface area contributed by atoms with Gasteiger partial charge in [0.1, 0.15) is 0 Å². The van der Waals surface area contributed by atoms with Crippen LogP contribution in [0.2, 0.25) is 0 Å². The van der Waals surface area contributed by atoms with Crippen LogP contribution in [-0.4, -0.2) is 4.57 Å². The number of aromatic nitrogens is 1. The molecule has 0 spiro atoms. The molecule has 3 rings (SSSR count). The first-order chi connectivity index (χ1) is 8.25. The lowest BCUT2D eigenvalue weighted by molar-refractivity contribution is 0.978. The third kappa shape index (κ3) is 1.64. The van der Waals surface area contributed by atoms with Crippen molar-refractivity contribution < 1.29 is 0 Å². The summed E-state index contributed by atoms with van der Waals surface area (Å²) in [5.74, 6) is 0.